The molecule has 0 saturated carbocycles. The number of hydrogen-bond donors (Lipinski definition) is 2. The number of aryl methyl sites for hydroxylation is 1. The topological polar surface area (TPSA) is 62.3 Å². The number of nitrogens with one attached hydrogen (secondary N) is 2. The third-order valence-electron chi connectivity index (χ3n) is 4.06. The van der Waals surface area contributed by atoms with Gasteiger partial charge in [0.05, 0.1) is 13.2 Å². The van der Waals surface area contributed by atoms with Gasteiger partial charge in [0.2, 0.25) is 0 Å². The van der Waals surface area contributed by atoms with E-state index < -0.39 is 0 Å². The van der Waals surface area contributed by atoms with Crippen molar-refractivity contribution in [2.75, 3.05) is 50.0 Å². The molecule has 1 aliphatic rings. The molecule has 0 amide bonds. The molecule has 0 atom stereocenters. The molecule has 2 aromatic rings. The van der Waals surface area contributed by atoms with Gasteiger partial charge in [-0.25, -0.2) is 9.97 Å². The Kier molecular flexibility index (Phi) is 5.98. The molecule has 2 N–H and O–H groups in total. The predicted molar refractivity (Wildman–Crippen MR) is 96.3 cm³/mol. The minimum Gasteiger partial charge on any atom is -0.379 e. The van der Waals surface area contributed by atoms with Crippen molar-refractivity contribution in [2.24, 2.45) is 0 Å². The molecule has 0 radical (unpaired) electrons. The first-order chi connectivity index (χ1) is 11.8. The molecule has 0 aliphatic carbocycles. The maximum Gasteiger partial charge on any atom is 0.131 e. The van der Waals surface area contributed by atoms with Gasteiger partial charge in [-0.1, -0.05) is 29.8 Å². The molecule has 24 heavy (non-hydrogen) atoms. The molecule has 1 saturated heterocycles. The molecule has 1 aromatic carbocycles. The van der Waals surface area contributed by atoms with Crippen molar-refractivity contribution in [3.8, 4) is 0 Å². The summed E-state index contributed by atoms with van der Waals surface area (Å²) in [4.78, 5) is 11.0. The lowest BCUT2D eigenvalue weighted by atomic mass is 10.1. The number of anilines is 2. The Morgan fingerprint density at radius 1 is 1.08 bits per heavy atom. The van der Waals surface area contributed by atoms with Crippen molar-refractivity contribution < 1.29 is 4.74 Å². The lowest BCUT2D eigenvalue weighted by molar-refractivity contribution is 0.0398. The summed E-state index contributed by atoms with van der Waals surface area (Å²) in [7, 11) is 0. The average molecular weight is 327 g/mol. The number of rotatable bonds is 7. The zero-order chi connectivity index (χ0) is 16.6. The van der Waals surface area contributed by atoms with Crippen molar-refractivity contribution in [3.05, 3.63) is 47.8 Å². The third kappa shape index (κ3) is 5.18. The Hall–Kier alpha value is -2.18. The quantitative estimate of drug-likeness (QED) is 0.812. The van der Waals surface area contributed by atoms with E-state index in [-0.39, 0.29) is 0 Å². The van der Waals surface area contributed by atoms with E-state index in [1.54, 1.807) is 6.33 Å². The van der Waals surface area contributed by atoms with Crippen LogP contribution < -0.4 is 10.6 Å². The Labute approximate surface area is 143 Å². The highest BCUT2D eigenvalue weighted by Gasteiger charge is 2.09. The average Bonchev–Trinajstić information content (AvgIpc) is 2.61. The molecule has 1 aromatic heterocycles. The highest BCUT2D eigenvalue weighted by atomic mass is 16.5. The van der Waals surface area contributed by atoms with Crippen LogP contribution in [0.4, 0.5) is 11.6 Å². The van der Waals surface area contributed by atoms with Crippen molar-refractivity contribution in [3.63, 3.8) is 0 Å². The first kappa shape index (κ1) is 16.7. The van der Waals surface area contributed by atoms with Gasteiger partial charge in [-0.15, -0.1) is 0 Å². The number of aromatic nitrogens is 2. The fraction of sp³-hybridized carbons (Fsp3) is 0.444. The molecule has 3 rings (SSSR count). The Morgan fingerprint density at radius 3 is 2.67 bits per heavy atom. The Morgan fingerprint density at radius 2 is 1.88 bits per heavy atom. The Balaban J connectivity index is 1.46. The van der Waals surface area contributed by atoms with Gasteiger partial charge in [0.1, 0.15) is 18.0 Å². The van der Waals surface area contributed by atoms with Crippen molar-refractivity contribution in [2.45, 2.75) is 13.5 Å². The summed E-state index contributed by atoms with van der Waals surface area (Å²) in [5.74, 6) is 1.69. The molecule has 1 fully saturated rings. The molecular weight excluding hydrogens is 302 g/mol. The summed E-state index contributed by atoms with van der Waals surface area (Å²) in [5.41, 5.74) is 2.51. The van der Waals surface area contributed by atoms with E-state index in [0.717, 1.165) is 57.6 Å². The molecule has 2 heterocycles. The molecule has 0 spiro atoms. The van der Waals surface area contributed by atoms with E-state index in [9.17, 15) is 0 Å². The van der Waals surface area contributed by atoms with Crippen molar-refractivity contribution >= 4 is 11.6 Å². The number of nitrogens with zero attached hydrogens (tertiary/aromatic N) is 3. The lowest BCUT2D eigenvalue weighted by Gasteiger charge is -2.26. The van der Waals surface area contributed by atoms with Gasteiger partial charge >= 0.3 is 0 Å². The van der Waals surface area contributed by atoms with Gasteiger partial charge in [0.15, 0.2) is 0 Å². The SMILES string of the molecule is Cc1cccc(CNc2cc(NCCN3CCOCC3)ncn2)c1. The summed E-state index contributed by atoms with van der Waals surface area (Å²) in [5, 5.41) is 6.72. The second-order valence-corrected chi connectivity index (χ2v) is 6.01. The van der Waals surface area contributed by atoms with Crippen LogP contribution in [0.5, 0.6) is 0 Å². The van der Waals surface area contributed by atoms with Crippen LogP contribution in [0.2, 0.25) is 0 Å². The maximum absolute atomic E-state index is 5.36. The highest BCUT2D eigenvalue weighted by molar-refractivity contribution is 5.46. The van der Waals surface area contributed by atoms with Crippen LogP contribution >= 0.6 is 0 Å². The zero-order valence-electron chi connectivity index (χ0n) is 14.2. The first-order valence-electron chi connectivity index (χ1n) is 8.45. The second kappa shape index (κ2) is 8.61. The molecule has 6 nitrogen and oxygen atoms in total. The van der Waals surface area contributed by atoms with E-state index in [0.29, 0.717) is 0 Å². The fourth-order valence-electron chi connectivity index (χ4n) is 2.73. The highest BCUT2D eigenvalue weighted by Crippen LogP contribution is 2.11. The van der Waals surface area contributed by atoms with Crippen LogP contribution in [-0.2, 0) is 11.3 Å². The Bertz CT molecular complexity index is 643. The van der Waals surface area contributed by atoms with Crippen LogP contribution in [0.25, 0.3) is 0 Å². The molecule has 6 heteroatoms. The summed E-state index contributed by atoms with van der Waals surface area (Å²) >= 11 is 0. The van der Waals surface area contributed by atoms with E-state index >= 15 is 0 Å². The number of ether oxygens (including phenoxy) is 1. The van der Waals surface area contributed by atoms with Crippen LogP contribution in [0, 0.1) is 6.92 Å². The van der Waals surface area contributed by atoms with Crippen LogP contribution in [-0.4, -0.2) is 54.3 Å². The number of hydrogen-bond acceptors (Lipinski definition) is 6. The first-order valence-corrected chi connectivity index (χ1v) is 8.45. The van der Waals surface area contributed by atoms with Crippen LogP contribution in [0.15, 0.2) is 36.7 Å². The lowest BCUT2D eigenvalue weighted by Crippen LogP contribution is -2.39. The summed E-state index contributed by atoms with van der Waals surface area (Å²) < 4.78 is 5.36. The number of benzene rings is 1. The zero-order valence-corrected chi connectivity index (χ0v) is 14.2. The smallest absolute Gasteiger partial charge is 0.131 e. The normalized spacial score (nSPS) is 15.2. The molecule has 0 bridgehead atoms. The fourth-order valence-corrected chi connectivity index (χ4v) is 2.73. The van der Waals surface area contributed by atoms with E-state index in [1.807, 2.05) is 6.07 Å². The molecule has 1 aliphatic heterocycles. The van der Waals surface area contributed by atoms with Crippen molar-refractivity contribution in [1.29, 1.82) is 0 Å². The van der Waals surface area contributed by atoms with Gasteiger partial charge < -0.3 is 15.4 Å². The van der Waals surface area contributed by atoms with Crippen LogP contribution in [0.3, 0.4) is 0 Å². The molecule has 0 unspecified atom stereocenters. The van der Waals surface area contributed by atoms with E-state index in [4.69, 9.17) is 4.74 Å². The monoisotopic (exact) mass is 327 g/mol. The molecular formula is C18H25N5O. The minimum atomic E-state index is 0.756. The van der Waals surface area contributed by atoms with E-state index in [1.165, 1.54) is 11.1 Å². The number of morpholine rings is 1. The van der Waals surface area contributed by atoms with Crippen LogP contribution in [0.1, 0.15) is 11.1 Å². The van der Waals surface area contributed by atoms with Gasteiger partial charge in [-0.3, -0.25) is 4.90 Å². The molecule has 128 valence electrons. The third-order valence-corrected chi connectivity index (χ3v) is 4.06. The largest absolute Gasteiger partial charge is 0.379 e. The summed E-state index contributed by atoms with van der Waals surface area (Å²) in [6.07, 6.45) is 1.59. The summed E-state index contributed by atoms with van der Waals surface area (Å²) in [6, 6.07) is 10.4. The van der Waals surface area contributed by atoms with Gasteiger partial charge in [-0.2, -0.15) is 0 Å². The summed E-state index contributed by atoms with van der Waals surface area (Å²) in [6.45, 7) is 8.41. The van der Waals surface area contributed by atoms with E-state index in [2.05, 4.69) is 56.7 Å². The standard InChI is InChI=1S/C18H25N5O/c1-15-3-2-4-16(11-15)13-20-18-12-17(21-14-22-18)19-5-6-23-7-9-24-10-8-23/h2-4,11-12,14H,5-10,13H2,1H3,(H2,19,20,21,22). The second-order valence-electron chi connectivity index (χ2n) is 6.01. The van der Waals surface area contributed by atoms with Gasteiger partial charge in [0.25, 0.3) is 0 Å². The predicted octanol–water partition coefficient (Wildman–Crippen LogP) is 2.14. The minimum absolute atomic E-state index is 0.756. The van der Waals surface area contributed by atoms with Gasteiger partial charge in [0, 0.05) is 38.8 Å². The van der Waals surface area contributed by atoms with Crippen molar-refractivity contribution in [1.82, 2.24) is 14.9 Å². The maximum atomic E-state index is 5.36. The van der Waals surface area contributed by atoms with Gasteiger partial charge in [-0.05, 0) is 12.5 Å².